The molecule has 2 fully saturated rings. The highest BCUT2D eigenvalue weighted by Crippen LogP contribution is 2.40. The molecule has 8 nitrogen and oxygen atoms in total. The van der Waals surface area contributed by atoms with Gasteiger partial charge in [-0.1, -0.05) is 12.1 Å². The van der Waals surface area contributed by atoms with Gasteiger partial charge in [-0.05, 0) is 49.4 Å². The fourth-order valence-corrected chi connectivity index (χ4v) is 3.73. The molecule has 2 aromatic heterocycles. The average Bonchev–Trinajstić information content (AvgIpc) is 3.40. The van der Waals surface area contributed by atoms with Gasteiger partial charge >= 0.3 is 6.03 Å². The Bertz CT molecular complexity index is 1060. The Morgan fingerprint density at radius 3 is 2.60 bits per heavy atom. The van der Waals surface area contributed by atoms with Gasteiger partial charge in [0.05, 0.1) is 18.1 Å². The van der Waals surface area contributed by atoms with Crippen LogP contribution in [0.1, 0.15) is 43.0 Å². The number of nitrogens with zero attached hydrogens (tertiary/aromatic N) is 6. The molecule has 8 heteroatoms. The Labute approximate surface area is 175 Å². The van der Waals surface area contributed by atoms with Crippen LogP contribution in [0.3, 0.4) is 0 Å². The number of likely N-dealkylation sites (N-methyl/N-ethyl adjacent to an activating group) is 1. The van der Waals surface area contributed by atoms with Crippen LogP contribution in [0.15, 0.2) is 49.1 Å². The van der Waals surface area contributed by atoms with E-state index < -0.39 is 0 Å². The number of aromatic nitrogens is 4. The van der Waals surface area contributed by atoms with Crippen molar-refractivity contribution in [1.82, 2.24) is 24.4 Å². The van der Waals surface area contributed by atoms with E-state index in [-0.39, 0.29) is 12.1 Å². The van der Waals surface area contributed by atoms with Crippen LogP contribution in [-0.2, 0) is 0 Å². The maximum Gasteiger partial charge on any atom is 0.325 e. The summed E-state index contributed by atoms with van der Waals surface area (Å²) in [5.74, 6) is 1.84. The van der Waals surface area contributed by atoms with E-state index in [1.807, 2.05) is 24.0 Å². The summed E-state index contributed by atoms with van der Waals surface area (Å²) in [6.07, 6.45) is 8.14. The predicted octanol–water partition coefficient (Wildman–Crippen LogP) is 3.58. The van der Waals surface area contributed by atoms with E-state index in [1.54, 1.807) is 29.1 Å². The summed E-state index contributed by atoms with van der Waals surface area (Å²) in [6, 6.07) is 10.4. The Morgan fingerprint density at radius 2 is 1.90 bits per heavy atom. The molecule has 1 N–H and O–H groups in total. The van der Waals surface area contributed by atoms with Crippen LogP contribution in [0.4, 0.5) is 16.6 Å². The third-order valence-electron chi connectivity index (χ3n) is 5.77. The Hall–Kier alpha value is -3.42. The first-order valence-electron chi connectivity index (χ1n) is 10.3. The minimum Gasteiger partial charge on any atom is -0.346 e. The zero-order valence-electron chi connectivity index (χ0n) is 17.2. The van der Waals surface area contributed by atoms with E-state index in [0.29, 0.717) is 24.9 Å². The SMILES string of the molecule is C[C@H](Nc1nccc(N2CCN(C)C2=O)n1)c1cn(-c2ccc(C3CC3)cc2)cn1. The van der Waals surface area contributed by atoms with Gasteiger partial charge in [0, 0.05) is 38.2 Å². The molecule has 3 aromatic rings. The van der Waals surface area contributed by atoms with Crippen molar-refractivity contribution in [1.29, 1.82) is 0 Å². The Morgan fingerprint density at radius 1 is 1.10 bits per heavy atom. The molecule has 1 aromatic carbocycles. The van der Waals surface area contributed by atoms with Crippen LogP contribution < -0.4 is 10.2 Å². The lowest BCUT2D eigenvalue weighted by Crippen LogP contribution is -2.30. The van der Waals surface area contributed by atoms with E-state index in [2.05, 4.69) is 44.5 Å². The van der Waals surface area contributed by atoms with Gasteiger partial charge in [0.2, 0.25) is 5.95 Å². The summed E-state index contributed by atoms with van der Waals surface area (Å²) >= 11 is 0. The van der Waals surface area contributed by atoms with Gasteiger partial charge in [0.15, 0.2) is 0 Å². The van der Waals surface area contributed by atoms with Crippen molar-refractivity contribution in [3.8, 4) is 5.69 Å². The largest absolute Gasteiger partial charge is 0.346 e. The number of urea groups is 1. The summed E-state index contributed by atoms with van der Waals surface area (Å²) in [5.41, 5.74) is 3.42. The van der Waals surface area contributed by atoms with Crippen molar-refractivity contribution in [2.45, 2.75) is 31.7 Å². The summed E-state index contributed by atoms with van der Waals surface area (Å²) in [6.45, 7) is 3.35. The fraction of sp³-hybridized carbons (Fsp3) is 0.364. The number of benzene rings is 1. The molecule has 0 bridgehead atoms. The van der Waals surface area contributed by atoms with E-state index in [9.17, 15) is 4.79 Å². The molecule has 1 aliphatic heterocycles. The first-order chi connectivity index (χ1) is 14.6. The van der Waals surface area contributed by atoms with Crippen molar-refractivity contribution in [3.63, 3.8) is 0 Å². The number of carbonyl (C=O) groups is 1. The first kappa shape index (κ1) is 18.6. The molecule has 2 amide bonds. The van der Waals surface area contributed by atoms with Crippen LogP contribution in [-0.4, -0.2) is 50.6 Å². The number of imidazole rings is 1. The number of hydrogen-bond donors (Lipinski definition) is 1. The molecule has 0 unspecified atom stereocenters. The molecule has 154 valence electrons. The second-order valence-corrected chi connectivity index (χ2v) is 8.03. The molecule has 30 heavy (non-hydrogen) atoms. The van der Waals surface area contributed by atoms with Gasteiger partial charge in [-0.25, -0.2) is 14.8 Å². The highest BCUT2D eigenvalue weighted by Gasteiger charge is 2.28. The van der Waals surface area contributed by atoms with Crippen molar-refractivity contribution in [2.75, 3.05) is 30.4 Å². The number of carbonyl (C=O) groups excluding carboxylic acids is 1. The monoisotopic (exact) mass is 403 g/mol. The second kappa shape index (κ2) is 7.44. The molecular formula is C22H25N7O. The lowest BCUT2D eigenvalue weighted by Gasteiger charge is -2.17. The standard InChI is InChI=1S/C22H25N7O/c1-15(25-21-23-10-9-20(26-21)29-12-11-27(2)22(29)30)19-13-28(14-24-19)18-7-5-17(6-8-18)16-3-4-16/h5-10,13-16H,3-4,11-12H2,1-2H3,(H,23,25,26)/t15-/m0/s1. The lowest BCUT2D eigenvalue weighted by molar-refractivity contribution is 0.229. The normalized spacial score (nSPS) is 17.5. The fourth-order valence-electron chi connectivity index (χ4n) is 3.73. The summed E-state index contributed by atoms with van der Waals surface area (Å²) in [4.78, 5) is 29.0. The number of anilines is 2. The van der Waals surface area contributed by atoms with Crippen LogP contribution >= 0.6 is 0 Å². The van der Waals surface area contributed by atoms with Gasteiger partial charge in [-0.15, -0.1) is 0 Å². The van der Waals surface area contributed by atoms with Gasteiger partial charge in [0.25, 0.3) is 0 Å². The number of amides is 2. The topological polar surface area (TPSA) is 79.2 Å². The summed E-state index contributed by atoms with van der Waals surface area (Å²) < 4.78 is 2.03. The van der Waals surface area contributed by atoms with Crippen molar-refractivity contribution >= 4 is 17.8 Å². The van der Waals surface area contributed by atoms with Crippen molar-refractivity contribution < 1.29 is 4.79 Å². The van der Waals surface area contributed by atoms with Gasteiger partial charge in [-0.2, -0.15) is 4.98 Å². The van der Waals surface area contributed by atoms with Gasteiger partial charge < -0.3 is 14.8 Å². The lowest BCUT2D eigenvalue weighted by atomic mass is 10.1. The van der Waals surface area contributed by atoms with Crippen molar-refractivity contribution in [3.05, 3.63) is 60.3 Å². The molecule has 1 aliphatic carbocycles. The zero-order valence-corrected chi connectivity index (χ0v) is 17.2. The zero-order chi connectivity index (χ0) is 20.7. The number of hydrogen-bond acceptors (Lipinski definition) is 5. The molecule has 5 rings (SSSR count). The summed E-state index contributed by atoms with van der Waals surface area (Å²) in [5, 5.41) is 3.30. The molecule has 2 aliphatic rings. The Balaban J connectivity index is 1.28. The van der Waals surface area contributed by atoms with Gasteiger partial charge in [0.1, 0.15) is 5.82 Å². The maximum atomic E-state index is 12.2. The summed E-state index contributed by atoms with van der Waals surface area (Å²) in [7, 11) is 1.79. The van der Waals surface area contributed by atoms with Crippen LogP contribution in [0.2, 0.25) is 0 Å². The van der Waals surface area contributed by atoms with Crippen LogP contribution in [0.5, 0.6) is 0 Å². The smallest absolute Gasteiger partial charge is 0.325 e. The molecular weight excluding hydrogens is 378 g/mol. The van der Waals surface area contributed by atoms with Crippen molar-refractivity contribution in [2.24, 2.45) is 0 Å². The molecule has 0 radical (unpaired) electrons. The molecule has 3 heterocycles. The quantitative estimate of drug-likeness (QED) is 0.680. The highest BCUT2D eigenvalue weighted by molar-refractivity contribution is 5.93. The van der Waals surface area contributed by atoms with Crippen LogP contribution in [0.25, 0.3) is 5.69 Å². The second-order valence-electron chi connectivity index (χ2n) is 8.03. The van der Waals surface area contributed by atoms with Gasteiger partial charge in [-0.3, -0.25) is 4.90 Å². The van der Waals surface area contributed by atoms with E-state index in [0.717, 1.165) is 17.3 Å². The maximum absolute atomic E-state index is 12.2. The Kier molecular flexibility index (Phi) is 4.61. The molecule has 1 saturated heterocycles. The third-order valence-corrected chi connectivity index (χ3v) is 5.77. The van der Waals surface area contributed by atoms with E-state index in [1.165, 1.54) is 18.4 Å². The average molecular weight is 403 g/mol. The van der Waals surface area contributed by atoms with E-state index >= 15 is 0 Å². The highest BCUT2D eigenvalue weighted by atomic mass is 16.2. The minimum absolute atomic E-state index is 0.0425. The number of nitrogens with one attached hydrogen (secondary N) is 1. The molecule has 0 spiro atoms. The first-order valence-corrected chi connectivity index (χ1v) is 10.3. The molecule has 1 atom stereocenters. The van der Waals surface area contributed by atoms with Crippen LogP contribution in [0, 0.1) is 0 Å². The predicted molar refractivity (Wildman–Crippen MR) is 115 cm³/mol. The third kappa shape index (κ3) is 3.60. The minimum atomic E-state index is -0.0795. The van der Waals surface area contributed by atoms with E-state index in [4.69, 9.17) is 0 Å². The number of rotatable bonds is 6. The molecule has 1 saturated carbocycles.